The van der Waals surface area contributed by atoms with Gasteiger partial charge in [0.2, 0.25) is 0 Å². The maximum absolute atomic E-state index is 13.7. The van der Waals surface area contributed by atoms with E-state index in [4.69, 9.17) is 16.3 Å². The minimum atomic E-state index is -0.0837. The Labute approximate surface area is 185 Å². The molecule has 1 fully saturated rings. The highest BCUT2D eigenvalue weighted by Crippen LogP contribution is 2.35. The fourth-order valence-corrected chi connectivity index (χ4v) is 4.83. The van der Waals surface area contributed by atoms with Crippen molar-refractivity contribution in [2.75, 3.05) is 20.2 Å². The summed E-state index contributed by atoms with van der Waals surface area (Å²) < 4.78 is 7.21. The Morgan fingerprint density at radius 3 is 2.61 bits per heavy atom. The molecule has 1 amide bonds. The average molecular weight is 435 g/mol. The third-order valence-electron chi connectivity index (χ3n) is 6.30. The molecule has 1 aromatic heterocycles. The zero-order chi connectivity index (χ0) is 21.5. The first-order chi connectivity index (χ1) is 15.1. The van der Waals surface area contributed by atoms with Gasteiger partial charge in [0.05, 0.1) is 17.4 Å². The van der Waals surface area contributed by atoms with Crippen LogP contribution in [-0.4, -0.2) is 41.7 Å². The molecule has 0 N–H and O–H groups in total. The Kier molecular flexibility index (Phi) is 5.16. The molecule has 5 rings (SSSR count). The summed E-state index contributed by atoms with van der Waals surface area (Å²) in [5.74, 6) is -0.0756. The van der Waals surface area contributed by atoms with Crippen molar-refractivity contribution in [1.29, 1.82) is 0 Å². The van der Waals surface area contributed by atoms with Crippen LogP contribution < -0.4 is 5.56 Å². The van der Waals surface area contributed by atoms with Crippen LogP contribution in [0.4, 0.5) is 0 Å². The van der Waals surface area contributed by atoms with E-state index >= 15 is 0 Å². The van der Waals surface area contributed by atoms with Crippen LogP contribution in [0.25, 0.3) is 22.4 Å². The molecule has 1 unspecified atom stereocenters. The van der Waals surface area contributed by atoms with E-state index in [1.54, 1.807) is 17.7 Å². The van der Waals surface area contributed by atoms with E-state index in [0.29, 0.717) is 41.5 Å². The quantitative estimate of drug-likeness (QED) is 0.619. The Morgan fingerprint density at radius 1 is 1.06 bits per heavy atom. The number of rotatable bonds is 3. The number of halogens is 1. The van der Waals surface area contributed by atoms with Crippen LogP contribution in [0.5, 0.6) is 0 Å². The summed E-state index contributed by atoms with van der Waals surface area (Å²) in [6, 6.07) is 17.0. The smallest absolute Gasteiger partial charge is 0.258 e. The van der Waals surface area contributed by atoms with Gasteiger partial charge in [-0.15, -0.1) is 0 Å². The molecule has 1 saturated heterocycles. The molecule has 1 atom stereocenters. The first-order valence-corrected chi connectivity index (χ1v) is 10.9. The van der Waals surface area contributed by atoms with Crippen molar-refractivity contribution in [3.63, 3.8) is 0 Å². The molecule has 31 heavy (non-hydrogen) atoms. The molecule has 2 aromatic carbocycles. The van der Waals surface area contributed by atoms with Gasteiger partial charge in [0.25, 0.3) is 11.5 Å². The van der Waals surface area contributed by atoms with Crippen molar-refractivity contribution >= 4 is 17.5 Å². The van der Waals surface area contributed by atoms with Crippen LogP contribution >= 0.6 is 11.6 Å². The fraction of sp³-hybridized carbons (Fsp3) is 0.280. The molecule has 2 aliphatic rings. The van der Waals surface area contributed by atoms with E-state index < -0.39 is 0 Å². The monoisotopic (exact) mass is 434 g/mol. The van der Waals surface area contributed by atoms with Crippen molar-refractivity contribution in [1.82, 2.24) is 9.47 Å². The molecule has 0 saturated carbocycles. The van der Waals surface area contributed by atoms with E-state index in [2.05, 4.69) is 0 Å². The van der Waals surface area contributed by atoms with Gasteiger partial charge in [0.1, 0.15) is 0 Å². The van der Waals surface area contributed by atoms with E-state index in [0.717, 1.165) is 29.5 Å². The summed E-state index contributed by atoms with van der Waals surface area (Å²) in [5, 5.41) is 0.589. The second-order valence-electron chi connectivity index (χ2n) is 8.09. The van der Waals surface area contributed by atoms with Crippen LogP contribution in [-0.2, 0) is 17.7 Å². The minimum absolute atomic E-state index is 0.0431. The number of hydrogen-bond acceptors (Lipinski definition) is 3. The lowest BCUT2D eigenvalue weighted by Crippen LogP contribution is -2.34. The minimum Gasteiger partial charge on any atom is -0.380 e. The van der Waals surface area contributed by atoms with Crippen molar-refractivity contribution < 1.29 is 9.53 Å². The molecule has 5 nitrogen and oxygen atoms in total. The second-order valence-corrected chi connectivity index (χ2v) is 8.53. The van der Waals surface area contributed by atoms with Gasteiger partial charge in [-0.05, 0) is 42.2 Å². The number of hydrogen-bond donors (Lipinski definition) is 0. The van der Waals surface area contributed by atoms with Crippen LogP contribution in [0.3, 0.4) is 0 Å². The highest BCUT2D eigenvalue weighted by atomic mass is 35.5. The zero-order valence-corrected chi connectivity index (χ0v) is 18.1. The van der Waals surface area contributed by atoms with Gasteiger partial charge in [-0.25, -0.2) is 0 Å². The lowest BCUT2D eigenvalue weighted by Gasteiger charge is -2.27. The molecule has 158 valence electrons. The van der Waals surface area contributed by atoms with E-state index in [1.807, 2.05) is 53.4 Å². The molecule has 2 aliphatic heterocycles. The number of amides is 1. The molecular formula is C25H23ClN2O3. The topological polar surface area (TPSA) is 51.5 Å². The van der Waals surface area contributed by atoms with Gasteiger partial charge in [-0.3, -0.25) is 9.59 Å². The Balaban J connectivity index is 1.74. The predicted octanol–water partition coefficient (Wildman–Crippen LogP) is 4.25. The summed E-state index contributed by atoms with van der Waals surface area (Å²) in [6.45, 7) is 1.72. The summed E-state index contributed by atoms with van der Waals surface area (Å²) in [7, 11) is 1.67. The van der Waals surface area contributed by atoms with Crippen LogP contribution in [0.2, 0.25) is 5.02 Å². The Morgan fingerprint density at radius 2 is 1.87 bits per heavy atom. The molecule has 6 heteroatoms. The predicted molar refractivity (Wildman–Crippen MR) is 122 cm³/mol. The Hall–Kier alpha value is -2.89. The number of pyridine rings is 1. The first kappa shape index (κ1) is 20.0. The molecular weight excluding hydrogens is 412 g/mol. The van der Waals surface area contributed by atoms with Gasteiger partial charge >= 0.3 is 0 Å². The number of benzene rings is 2. The Bertz CT molecular complexity index is 1220. The van der Waals surface area contributed by atoms with Crippen molar-refractivity contribution in [2.24, 2.45) is 0 Å². The van der Waals surface area contributed by atoms with Gasteiger partial charge in [-0.1, -0.05) is 48.0 Å². The number of methoxy groups -OCH3 is 1. The lowest BCUT2D eigenvalue weighted by molar-refractivity contribution is 0.0724. The normalized spacial score (nSPS) is 17.4. The maximum atomic E-state index is 13.7. The highest BCUT2D eigenvalue weighted by molar-refractivity contribution is 6.31. The molecule has 3 aromatic rings. The van der Waals surface area contributed by atoms with Gasteiger partial charge < -0.3 is 14.2 Å². The average Bonchev–Trinajstić information content (AvgIpc) is 3.29. The van der Waals surface area contributed by atoms with Crippen molar-refractivity contribution in [2.45, 2.75) is 25.5 Å². The van der Waals surface area contributed by atoms with E-state index in [-0.39, 0.29) is 17.6 Å². The number of carbonyl (C=O) groups excluding carboxylic acids is 1. The van der Waals surface area contributed by atoms with Gasteiger partial charge in [-0.2, -0.15) is 0 Å². The van der Waals surface area contributed by atoms with Crippen molar-refractivity contribution in [3.05, 3.63) is 81.1 Å². The third kappa shape index (κ3) is 3.48. The van der Waals surface area contributed by atoms with Crippen LogP contribution in [0, 0.1) is 0 Å². The molecule has 0 bridgehead atoms. The highest BCUT2D eigenvalue weighted by Gasteiger charge is 2.32. The van der Waals surface area contributed by atoms with Crippen LogP contribution in [0.15, 0.2) is 59.4 Å². The van der Waals surface area contributed by atoms with E-state index in [1.165, 1.54) is 0 Å². The number of ether oxygens (including phenoxy) is 1. The standard InChI is InChI=1S/C25H23ClN2O3/c1-31-19-10-11-27(15-19)24(29)22-14-21(16-5-3-2-4-6-16)25(30)28-12-9-17-7-8-18(26)13-20(17)23(22)28/h2-8,13-14,19H,9-12,15H2,1H3. The lowest BCUT2D eigenvalue weighted by atomic mass is 9.92. The van der Waals surface area contributed by atoms with Gasteiger partial charge in [0.15, 0.2) is 0 Å². The molecule has 3 heterocycles. The number of aromatic nitrogens is 1. The van der Waals surface area contributed by atoms with Gasteiger partial charge in [0, 0.05) is 42.9 Å². The van der Waals surface area contributed by atoms with E-state index in [9.17, 15) is 9.59 Å². The molecule has 0 aliphatic carbocycles. The number of likely N-dealkylation sites (tertiary alicyclic amines) is 1. The fourth-order valence-electron chi connectivity index (χ4n) is 4.65. The first-order valence-electron chi connectivity index (χ1n) is 10.5. The molecule has 0 spiro atoms. The summed E-state index contributed by atoms with van der Waals surface area (Å²) in [5.41, 5.74) is 4.44. The number of carbonyl (C=O) groups is 1. The number of fused-ring (bicyclic) bond motifs is 3. The van der Waals surface area contributed by atoms with Crippen molar-refractivity contribution in [3.8, 4) is 22.4 Å². The second kappa shape index (κ2) is 7.98. The number of aryl methyl sites for hydroxylation is 1. The third-order valence-corrected chi connectivity index (χ3v) is 6.54. The number of nitrogens with zero attached hydrogens (tertiary/aromatic N) is 2. The maximum Gasteiger partial charge on any atom is 0.258 e. The SMILES string of the molecule is COC1CCN(C(=O)c2cc(-c3ccccc3)c(=O)n3c2-c2cc(Cl)ccc2CC3)C1. The summed E-state index contributed by atoms with van der Waals surface area (Å²) in [4.78, 5) is 29.0. The summed E-state index contributed by atoms with van der Waals surface area (Å²) >= 11 is 6.31. The zero-order valence-electron chi connectivity index (χ0n) is 17.3. The summed E-state index contributed by atoms with van der Waals surface area (Å²) in [6.07, 6.45) is 1.58. The van der Waals surface area contributed by atoms with Crippen LogP contribution in [0.1, 0.15) is 22.3 Å². The largest absolute Gasteiger partial charge is 0.380 e. The molecule has 0 radical (unpaired) electrons.